The summed E-state index contributed by atoms with van der Waals surface area (Å²) in [7, 11) is 1.32. The van der Waals surface area contributed by atoms with Gasteiger partial charge in [0.05, 0.1) is 27.9 Å². The summed E-state index contributed by atoms with van der Waals surface area (Å²) in [4.78, 5) is 38.0. The van der Waals surface area contributed by atoms with E-state index in [-0.39, 0.29) is 37.8 Å². The average Bonchev–Trinajstić information content (AvgIpc) is 2.64. The molecule has 0 saturated carbocycles. The third kappa shape index (κ3) is 3.64. The summed E-state index contributed by atoms with van der Waals surface area (Å²) in [6.07, 6.45) is 1.22. The average molecular weight is 442 g/mol. The van der Waals surface area contributed by atoms with E-state index in [1.54, 1.807) is 0 Å². The fraction of sp³-hybridized carbons (Fsp3) is 0.0556. The Kier molecular flexibility index (Phi) is 5.51. The maximum atomic E-state index is 12.8. The van der Waals surface area contributed by atoms with E-state index in [4.69, 9.17) is 39.5 Å². The Bertz CT molecular complexity index is 1050. The molecule has 2 aromatic rings. The number of nitrogens with zero attached hydrogens (tertiary/aromatic N) is 1. The predicted octanol–water partition coefficient (Wildman–Crippen LogP) is 4.03. The molecule has 144 valence electrons. The lowest BCUT2D eigenvalue weighted by molar-refractivity contribution is -0.122. The summed E-state index contributed by atoms with van der Waals surface area (Å²) in [6, 6.07) is 5.97. The molecule has 1 heterocycles. The molecular formula is C18H11Cl3N2O5. The Morgan fingerprint density at radius 1 is 1.04 bits per heavy atom. The maximum absolute atomic E-state index is 12.8. The van der Waals surface area contributed by atoms with Gasteiger partial charge in [-0.25, -0.2) is 9.69 Å². The molecule has 0 aliphatic carbocycles. The van der Waals surface area contributed by atoms with Crippen LogP contribution in [0.15, 0.2) is 35.9 Å². The molecule has 0 unspecified atom stereocenters. The molecular weight excluding hydrogens is 431 g/mol. The van der Waals surface area contributed by atoms with Gasteiger partial charge in [0.15, 0.2) is 11.5 Å². The zero-order valence-electron chi connectivity index (χ0n) is 14.1. The fourth-order valence-corrected chi connectivity index (χ4v) is 3.03. The second-order valence-corrected chi connectivity index (χ2v) is 6.83. The molecule has 3 rings (SSSR count). The van der Waals surface area contributed by atoms with Crippen LogP contribution in [0, 0.1) is 0 Å². The van der Waals surface area contributed by atoms with Gasteiger partial charge >= 0.3 is 6.03 Å². The molecule has 0 atom stereocenters. The van der Waals surface area contributed by atoms with Crippen molar-refractivity contribution in [1.82, 2.24) is 5.32 Å². The molecule has 7 nitrogen and oxygen atoms in total. The minimum absolute atomic E-state index is 0.0349. The molecule has 1 aliphatic rings. The number of rotatable bonds is 3. The van der Waals surface area contributed by atoms with Crippen LogP contribution < -0.4 is 15.0 Å². The summed E-state index contributed by atoms with van der Waals surface area (Å²) in [6.45, 7) is 0. The van der Waals surface area contributed by atoms with Crippen molar-refractivity contribution in [2.24, 2.45) is 0 Å². The highest BCUT2D eigenvalue weighted by Crippen LogP contribution is 2.36. The molecule has 1 fully saturated rings. The van der Waals surface area contributed by atoms with Crippen LogP contribution >= 0.6 is 34.8 Å². The molecule has 2 aromatic carbocycles. The predicted molar refractivity (Wildman–Crippen MR) is 105 cm³/mol. The second-order valence-electron chi connectivity index (χ2n) is 5.61. The first kappa shape index (κ1) is 20.0. The highest BCUT2D eigenvalue weighted by atomic mass is 35.5. The Morgan fingerprint density at radius 3 is 2.39 bits per heavy atom. The zero-order valence-corrected chi connectivity index (χ0v) is 16.4. The molecule has 0 radical (unpaired) electrons. The van der Waals surface area contributed by atoms with Crippen molar-refractivity contribution in [3.8, 4) is 11.5 Å². The number of anilines is 1. The van der Waals surface area contributed by atoms with Gasteiger partial charge in [0, 0.05) is 0 Å². The van der Waals surface area contributed by atoms with E-state index >= 15 is 0 Å². The molecule has 0 aromatic heterocycles. The number of carbonyl (C=O) groups is 3. The standard InChI is InChI=1S/C18H11Cl3N2O5/c1-28-14-6-8(5-13(21)15(14)24)4-10-16(25)22-18(27)23(17(10)26)9-2-3-11(19)12(20)7-9/h2-7,24H,1H3,(H,22,25,27). The van der Waals surface area contributed by atoms with Gasteiger partial charge in [-0.05, 0) is 42.0 Å². The number of barbiturate groups is 1. The van der Waals surface area contributed by atoms with E-state index in [1.165, 1.54) is 43.5 Å². The highest BCUT2D eigenvalue weighted by Gasteiger charge is 2.37. The Morgan fingerprint density at radius 2 is 1.75 bits per heavy atom. The number of phenolic OH excluding ortho intramolecular Hbond substituents is 1. The van der Waals surface area contributed by atoms with Crippen molar-refractivity contribution in [1.29, 1.82) is 0 Å². The number of amides is 4. The summed E-state index contributed by atoms with van der Waals surface area (Å²) in [5.41, 5.74) is 0.118. The number of carbonyl (C=O) groups excluding carboxylic acids is 3. The quantitative estimate of drug-likeness (QED) is 0.554. The van der Waals surface area contributed by atoms with E-state index in [0.717, 1.165) is 4.90 Å². The number of imide groups is 2. The Hall–Kier alpha value is -2.74. The lowest BCUT2D eigenvalue weighted by Gasteiger charge is -2.26. The molecule has 4 amide bonds. The van der Waals surface area contributed by atoms with Crippen molar-refractivity contribution < 1.29 is 24.2 Å². The molecule has 2 N–H and O–H groups in total. The Labute approximate surface area is 174 Å². The number of hydrogen-bond donors (Lipinski definition) is 2. The first-order valence-corrected chi connectivity index (χ1v) is 8.79. The molecule has 10 heteroatoms. The van der Waals surface area contributed by atoms with Crippen molar-refractivity contribution >= 4 is 64.4 Å². The van der Waals surface area contributed by atoms with Crippen LogP contribution in [0.3, 0.4) is 0 Å². The van der Waals surface area contributed by atoms with Gasteiger partial charge in [0.1, 0.15) is 5.57 Å². The van der Waals surface area contributed by atoms with E-state index in [2.05, 4.69) is 5.32 Å². The number of benzene rings is 2. The van der Waals surface area contributed by atoms with Gasteiger partial charge in [0.25, 0.3) is 11.8 Å². The minimum atomic E-state index is -0.924. The lowest BCUT2D eigenvalue weighted by Crippen LogP contribution is -2.54. The van der Waals surface area contributed by atoms with E-state index < -0.39 is 17.8 Å². The summed E-state index contributed by atoms with van der Waals surface area (Å²) in [5.74, 6) is -1.97. The van der Waals surface area contributed by atoms with Gasteiger partial charge in [-0.2, -0.15) is 0 Å². The van der Waals surface area contributed by atoms with Crippen LogP contribution in [0.25, 0.3) is 6.08 Å². The van der Waals surface area contributed by atoms with Crippen molar-refractivity contribution in [2.45, 2.75) is 0 Å². The molecule has 0 bridgehead atoms. The number of urea groups is 1. The van der Waals surface area contributed by atoms with Gasteiger partial charge < -0.3 is 9.84 Å². The van der Waals surface area contributed by atoms with Crippen molar-refractivity contribution in [3.05, 3.63) is 56.5 Å². The maximum Gasteiger partial charge on any atom is 0.335 e. The molecule has 0 spiro atoms. The monoisotopic (exact) mass is 440 g/mol. The zero-order chi connectivity index (χ0) is 20.6. The van der Waals surface area contributed by atoms with Gasteiger partial charge in [0.2, 0.25) is 0 Å². The summed E-state index contributed by atoms with van der Waals surface area (Å²) < 4.78 is 5.00. The lowest BCUT2D eigenvalue weighted by atomic mass is 10.1. The van der Waals surface area contributed by atoms with Crippen LogP contribution in [0.5, 0.6) is 11.5 Å². The number of aromatic hydroxyl groups is 1. The minimum Gasteiger partial charge on any atom is -0.503 e. The number of ether oxygens (including phenoxy) is 1. The first-order valence-electron chi connectivity index (χ1n) is 7.66. The number of methoxy groups -OCH3 is 1. The van der Waals surface area contributed by atoms with Crippen LogP contribution in [0.2, 0.25) is 15.1 Å². The largest absolute Gasteiger partial charge is 0.503 e. The van der Waals surface area contributed by atoms with E-state index in [9.17, 15) is 19.5 Å². The second kappa shape index (κ2) is 7.71. The van der Waals surface area contributed by atoms with Crippen LogP contribution in [-0.2, 0) is 9.59 Å². The first-order chi connectivity index (χ1) is 13.2. The van der Waals surface area contributed by atoms with Crippen LogP contribution in [0.1, 0.15) is 5.56 Å². The van der Waals surface area contributed by atoms with Crippen LogP contribution in [-0.4, -0.2) is 30.1 Å². The number of hydrogen-bond acceptors (Lipinski definition) is 5. The van der Waals surface area contributed by atoms with E-state index in [0.29, 0.717) is 5.56 Å². The fourth-order valence-electron chi connectivity index (χ4n) is 2.52. The number of nitrogens with one attached hydrogen (secondary N) is 1. The smallest absolute Gasteiger partial charge is 0.335 e. The third-order valence-electron chi connectivity index (χ3n) is 3.84. The number of halogens is 3. The molecule has 1 saturated heterocycles. The summed E-state index contributed by atoms with van der Waals surface area (Å²) in [5, 5.41) is 12.2. The highest BCUT2D eigenvalue weighted by molar-refractivity contribution is 6.43. The summed E-state index contributed by atoms with van der Waals surface area (Å²) >= 11 is 17.7. The van der Waals surface area contributed by atoms with Crippen molar-refractivity contribution in [3.63, 3.8) is 0 Å². The normalized spacial score (nSPS) is 15.8. The van der Waals surface area contributed by atoms with Gasteiger partial charge in [-0.3, -0.25) is 14.9 Å². The van der Waals surface area contributed by atoms with Gasteiger partial charge in [-0.15, -0.1) is 0 Å². The van der Waals surface area contributed by atoms with E-state index in [1.807, 2.05) is 0 Å². The van der Waals surface area contributed by atoms with Gasteiger partial charge in [-0.1, -0.05) is 34.8 Å². The SMILES string of the molecule is COc1cc(C=C2C(=O)NC(=O)N(c3ccc(Cl)c(Cl)c3)C2=O)cc(Cl)c1O. The molecule has 1 aliphatic heterocycles. The van der Waals surface area contributed by atoms with Crippen molar-refractivity contribution in [2.75, 3.05) is 12.0 Å². The van der Waals surface area contributed by atoms with Crippen LogP contribution in [0.4, 0.5) is 10.5 Å². The molecule has 28 heavy (non-hydrogen) atoms. The topological polar surface area (TPSA) is 95.9 Å². The Balaban J connectivity index is 2.06. The number of phenols is 1. The third-order valence-corrected chi connectivity index (χ3v) is 4.87.